The molecule has 1 aromatic carbocycles. The lowest BCUT2D eigenvalue weighted by atomic mass is 9.97. The maximum atomic E-state index is 13.5. The minimum absolute atomic E-state index is 0.125. The number of fused-ring (bicyclic) bond motifs is 1. The zero-order valence-electron chi connectivity index (χ0n) is 9.67. The van der Waals surface area contributed by atoms with Gasteiger partial charge in [0.15, 0.2) is 5.82 Å². The van der Waals surface area contributed by atoms with Gasteiger partial charge in [-0.1, -0.05) is 20.8 Å². The quantitative estimate of drug-likeness (QED) is 0.710. The van der Waals surface area contributed by atoms with Gasteiger partial charge in [0.25, 0.3) is 0 Å². The monoisotopic (exact) mass is 239 g/mol. The van der Waals surface area contributed by atoms with Crippen LogP contribution in [0.4, 0.5) is 8.78 Å². The molecule has 0 bridgehead atoms. The molecule has 0 N–H and O–H groups in total. The Hall–Kier alpha value is -1.78. The number of nitrogens with zero attached hydrogens (tertiary/aromatic N) is 1. The lowest BCUT2D eigenvalue weighted by Gasteiger charge is -2.15. The SMILES string of the molecule is CC(C)(C)c1nc2c(F)cc(F)cc2c(=O)o1. The fourth-order valence-corrected chi connectivity index (χ4v) is 1.42. The van der Waals surface area contributed by atoms with Crippen molar-refractivity contribution in [2.45, 2.75) is 26.2 Å². The van der Waals surface area contributed by atoms with Crippen molar-refractivity contribution in [2.24, 2.45) is 0 Å². The first kappa shape index (κ1) is 11.7. The van der Waals surface area contributed by atoms with Gasteiger partial charge in [0.05, 0.1) is 5.39 Å². The highest BCUT2D eigenvalue weighted by molar-refractivity contribution is 5.77. The largest absolute Gasteiger partial charge is 0.407 e. The maximum Gasteiger partial charge on any atom is 0.347 e. The molecule has 0 aliphatic heterocycles. The van der Waals surface area contributed by atoms with Crippen LogP contribution in [0.2, 0.25) is 0 Å². The maximum absolute atomic E-state index is 13.5. The van der Waals surface area contributed by atoms with Crippen LogP contribution < -0.4 is 5.63 Å². The first-order valence-electron chi connectivity index (χ1n) is 5.09. The second-order valence-corrected chi connectivity index (χ2v) is 4.84. The smallest absolute Gasteiger partial charge is 0.347 e. The van der Waals surface area contributed by atoms with Crippen molar-refractivity contribution in [2.75, 3.05) is 0 Å². The second-order valence-electron chi connectivity index (χ2n) is 4.84. The van der Waals surface area contributed by atoms with Crippen molar-refractivity contribution in [3.05, 3.63) is 40.1 Å². The predicted octanol–water partition coefficient (Wildman–Crippen LogP) is 2.76. The van der Waals surface area contributed by atoms with Crippen LogP contribution in [0.1, 0.15) is 26.7 Å². The van der Waals surface area contributed by atoms with Crippen LogP contribution in [0.5, 0.6) is 0 Å². The lowest BCUT2D eigenvalue weighted by Crippen LogP contribution is -2.18. The van der Waals surface area contributed by atoms with Crippen molar-refractivity contribution in [3.8, 4) is 0 Å². The molecule has 0 amide bonds. The molecule has 0 spiro atoms. The Morgan fingerprint density at radius 2 is 1.88 bits per heavy atom. The predicted molar refractivity (Wildman–Crippen MR) is 58.9 cm³/mol. The summed E-state index contributed by atoms with van der Waals surface area (Å²) in [6.07, 6.45) is 0. The van der Waals surface area contributed by atoms with E-state index in [1.54, 1.807) is 20.8 Å². The number of aromatic nitrogens is 1. The molecule has 2 rings (SSSR count). The van der Waals surface area contributed by atoms with E-state index in [2.05, 4.69) is 4.98 Å². The van der Waals surface area contributed by atoms with Gasteiger partial charge in [-0.15, -0.1) is 0 Å². The van der Waals surface area contributed by atoms with E-state index in [1.165, 1.54) is 0 Å². The molecule has 0 saturated carbocycles. The first-order chi connectivity index (χ1) is 7.79. The summed E-state index contributed by atoms with van der Waals surface area (Å²) in [5, 5.41) is -0.185. The molecule has 5 heteroatoms. The van der Waals surface area contributed by atoms with Gasteiger partial charge >= 0.3 is 5.63 Å². The third-order valence-corrected chi connectivity index (χ3v) is 2.29. The normalized spacial score (nSPS) is 12.1. The number of rotatable bonds is 0. The van der Waals surface area contributed by atoms with Gasteiger partial charge in [0.1, 0.15) is 11.3 Å². The second kappa shape index (κ2) is 3.61. The van der Waals surface area contributed by atoms with Crippen LogP contribution in [0.15, 0.2) is 21.3 Å². The number of benzene rings is 1. The van der Waals surface area contributed by atoms with Crippen molar-refractivity contribution in [1.82, 2.24) is 4.98 Å². The van der Waals surface area contributed by atoms with Crippen LogP contribution in [-0.4, -0.2) is 4.98 Å². The summed E-state index contributed by atoms with van der Waals surface area (Å²) in [5.41, 5.74) is -1.46. The van der Waals surface area contributed by atoms with Crippen molar-refractivity contribution < 1.29 is 13.2 Å². The Bertz CT molecular complexity index is 641. The molecule has 0 aliphatic rings. The van der Waals surface area contributed by atoms with E-state index < -0.39 is 22.7 Å². The average Bonchev–Trinajstić information content (AvgIpc) is 2.17. The minimum atomic E-state index is -0.863. The topological polar surface area (TPSA) is 43.1 Å². The first-order valence-corrected chi connectivity index (χ1v) is 5.09. The molecule has 0 radical (unpaired) electrons. The highest BCUT2D eigenvalue weighted by Gasteiger charge is 2.22. The Kier molecular flexibility index (Phi) is 2.49. The van der Waals surface area contributed by atoms with E-state index in [9.17, 15) is 13.6 Å². The van der Waals surface area contributed by atoms with E-state index in [4.69, 9.17) is 4.42 Å². The van der Waals surface area contributed by atoms with Gasteiger partial charge in [-0.05, 0) is 6.07 Å². The Morgan fingerprint density at radius 3 is 2.47 bits per heavy atom. The minimum Gasteiger partial charge on any atom is -0.407 e. The highest BCUT2D eigenvalue weighted by atomic mass is 19.1. The van der Waals surface area contributed by atoms with E-state index in [0.717, 1.165) is 6.07 Å². The standard InChI is InChI=1S/C12H11F2NO2/c1-12(2,3)11-15-9-7(10(16)17-11)4-6(13)5-8(9)14/h4-5H,1-3H3. The van der Waals surface area contributed by atoms with Gasteiger partial charge in [0.2, 0.25) is 5.89 Å². The third-order valence-electron chi connectivity index (χ3n) is 2.29. The average molecular weight is 239 g/mol. The van der Waals surface area contributed by atoms with Crippen LogP contribution in [0.25, 0.3) is 10.9 Å². The van der Waals surface area contributed by atoms with Crippen LogP contribution in [0, 0.1) is 11.6 Å². The Balaban J connectivity index is 2.88. The molecule has 17 heavy (non-hydrogen) atoms. The number of halogens is 2. The summed E-state index contributed by atoms with van der Waals surface area (Å²) in [5.74, 6) is -1.56. The van der Waals surface area contributed by atoms with Gasteiger partial charge in [-0.2, -0.15) is 0 Å². The number of hydrogen-bond acceptors (Lipinski definition) is 3. The fourth-order valence-electron chi connectivity index (χ4n) is 1.42. The highest BCUT2D eigenvalue weighted by Crippen LogP contribution is 2.22. The summed E-state index contributed by atoms with van der Waals surface area (Å²) >= 11 is 0. The van der Waals surface area contributed by atoms with Crippen LogP contribution in [-0.2, 0) is 5.41 Å². The van der Waals surface area contributed by atoms with E-state index >= 15 is 0 Å². The molecular weight excluding hydrogens is 228 g/mol. The molecule has 0 saturated heterocycles. The molecule has 0 atom stereocenters. The molecule has 90 valence electrons. The Labute approximate surface area is 96.1 Å². The molecule has 1 heterocycles. The van der Waals surface area contributed by atoms with Crippen LogP contribution in [0.3, 0.4) is 0 Å². The zero-order chi connectivity index (χ0) is 12.8. The number of hydrogen-bond donors (Lipinski definition) is 0. The summed E-state index contributed by atoms with van der Waals surface area (Å²) in [6.45, 7) is 5.35. The molecule has 2 aromatic rings. The van der Waals surface area contributed by atoms with Gasteiger partial charge in [-0.3, -0.25) is 0 Å². The lowest BCUT2D eigenvalue weighted by molar-refractivity contribution is 0.358. The molecule has 1 aromatic heterocycles. The van der Waals surface area contributed by atoms with Crippen molar-refractivity contribution in [1.29, 1.82) is 0 Å². The summed E-state index contributed by atoms with van der Waals surface area (Å²) in [4.78, 5) is 15.6. The molecular formula is C12H11F2NO2. The molecule has 0 fully saturated rings. The van der Waals surface area contributed by atoms with Crippen LogP contribution >= 0.6 is 0 Å². The molecule has 0 unspecified atom stereocenters. The summed E-state index contributed by atoms with van der Waals surface area (Å²) in [6, 6.07) is 1.62. The van der Waals surface area contributed by atoms with E-state index in [0.29, 0.717) is 6.07 Å². The Morgan fingerprint density at radius 1 is 1.24 bits per heavy atom. The molecule has 0 aliphatic carbocycles. The fraction of sp³-hybridized carbons (Fsp3) is 0.333. The van der Waals surface area contributed by atoms with E-state index in [-0.39, 0.29) is 16.8 Å². The van der Waals surface area contributed by atoms with Crippen molar-refractivity contribution in [3.63, 3.8) is 0 Å². The summed E-state index contributed by atoms with van der Waals surface area (Å²) < 4.78 is 31.4. The third kappa shape index (κ3) is 2.05. The van der Waals surface area contributed by atoms with E-state index in [1.807, 2.05) is 0 Å². The summed E-state index contributed by atoms with van der Waals surface area (Å²) in [7, 11) is 0. The van der Waals surface area contributed by atoms with Gasteiger partial charge in [-0.25, -0.2) is 18.6 Å². The molecule has 3 nitrogen and oxygen atoms in total. The van der Waals surface area contributed by atoms with Gasteiger partial charge in [0, 0.05) is 11.5 Å². The van der Waals surface area contributed by atoms with Crippen molar-refractivity contribution >= 4 is 10.9 Å². The van der Waals surface area contributed by atoms with Gasteiger partial charge < -0.3 is 4.42 Å². The zero-order valence-corrected chi connectivity index (χ0v) is 9.67.